The SMILES string of the molecule is Cc1ccc(CN2CCN(CCC(C)C)C(CCO)C2)cc1. The summed E-state index contributed by atoms with van der Waals surface area (Å²) in [4.78, 5) is 5.12. The molecule has 1 aromatic carbocycles. The monoisotopic (exact) mass is 304 g/mol. The van der Waals surface area contributed by atoms with E-state index in [4.69, 9.17) is 0 Å². The molecule has 1 fully saturated rings. The van der Waals surface area contributed by atoms with Gasteiger partial charge in [-0.15, -0.1) is 0 Å². The third kappa shape index (κ3) is 5.38. The predicted molar refractivity (Wildman–Crippen MR) is 93.0 cm³/mol. The lowest BCUT2D eigenvalue weighted by molar-refractivity contribution is 0.0524. The molecule has 1 aliphatic rings. The van der Waals surface area contributed by atoms with Crippen LogP contribution in [0, 0.1) is 12.8 Å². The lowest BCUT2D eigenvalue weighted by Gasteiger charge is -2.41. The van der Waals surface area contributed by atoms with Crippen LogP contribution in [0.2, 0.25) is 0 Å². The number of aryl methyl sites for hydroxylation is 1. The summed E-state index contributed by atoms with van der Waals surface area (Å²) >= 11 is 0. The second-order valence-corrected chi connectivity index (χ2v) is 7.11. The molecule has 1 aromatic rings. The summed E-state index contributed by atoms with van der Waals surface area (Å²) in [5.41, 5.74) is 2.71. The van der Waals surface area contributed by atoms with E-state index in [0.29, 0.717) is 12.6 Å². The van der Waals surface area contributed by atoms with E-state index in [1.807, 2.05) is 0 Å². The molecule has 0 aromatic heterocycles. The summed E-state index contributed by atoms with van der Waals surface area (Å²) in [6, 6.07) is 9.37. The minimum Gasteiger partial charge on any atom is -0.396 e. The van der Waals surface area contributed by atoms with Gasteiger partial charge in [0.2, 0.25) is 0 Å². The molecule has 0 amide bonds. The van der Waals surface area contributed by atoms with E-state index in [1.54, 1.807) is 0 Å². The Kier molecular flexibility index (Phi) is 6.87. The highest BCUT2D eigenvalue weighted by atomic mass is 16.3. The Morgan fingerprint density at radius 2 is 1.91 bits per heavy atom. The van der Waals surface area contributed by atoms with Crippen molar-refractivity contribution in [2.75, 3.05) is 32.8 Å². The molecule has 0 aliphatic carbocycles. The van der Waals surface area contributed by atoms with Gasteiger partial charge in [0.1, 0.15) is 0 Å². The Morgan fingerprint density at radius 3 is 2.55 bits per heavy atom. The topological polar surface area (TPSA) is 26.7 Å². The van der Waals surface area contributed by atoms with Crippen LogP contribution in [0.4, 0.5) is 0 Å². The Balaban J connectivity index is 1.89. The van der Waals surface area contributed by atoms with Gasteiger partial charge >= 0.3 is 0 Å². The average Bonchev–Trinajstić information content (AvgIpc) is 2.49. The molecule has 124 valence electrons. The van der Waals surface area contributed by atoms with Crippen molar-refractivity contribution in [3.05, 3.63) is 35.4 Å². The van der Waals surface area contributed by atoms with Crippen LogP contribution in [-0.2, 0) is 6.54 Å². The number of hydrogen-bond acceptors (Lipinski definition) is 3. The predicted octanol–water partition coefficient (Wildman–Crippen LogP) is 2.91. The second kappa shape index (κ2) is 8.66. The van der Waals surface area contributed by atoms with Gasteiger partial charge in [-0.25, -0.2) is 0 Å². The zero-order chi connectivity index (χ0) is 15.9. The summed E-state index contributed by atoms with van der Waals surface area (Å²) in [5.74, 6) is 0.750. The van der Waals surface area contributed by atoms with Gasteiger partial charge < -0.3 is 5.11 Å². The van der Waals surface area contributed by atoms with Gasteiger partial charge in [-0.2, -0.15) is 0 Å². The van der Waals surface area contributed by atoms with Crippen molar-refractivity contribution in [1.82, 2.24) is 9.80 Å². The fourth-order valence-corrected chi connectivity index (χ4v) is 3.19. The van der Waals surface area contributed by atoms with Crippen LogP contribution in [0.25, 0.3) is 0 Å². The highest BCUT2D eigenvalue weighted by molar-refractivity contribution is 5.21. The molecule has 3 heteroatoms. The van der Waals surface area contributed by atoms with Crippen molar-refractivity contribution in [2.24, 2.45) is 5.92 Å². The molecule has 2 rings (SSSR count). The van der Waals surface area contributed by atoms with Crippen LogP contribution in [0.5, 0.6) is 0 Å². The molecule has 22 heavy (non-hydrogen) atoms. The number of piperazine rings is 1. The van der Waals surface area contributed by atoms with Crippen LogP contribution < -0.4 is 0 Å². The molecule has 0 spiro atoms. The van der Waals surface area contributed by atoms with Crippen molar-refractivity contribution in [3.8, 4) is 0 Å². The van der Waals surface area contributed by atoms with Crippen LogP contribution >= 0.6 is 0 Å². The third-order valence-corrected chi connectivity index (χ3v) is 4.67. The van der Waals surface area contributed by atoms with E-state index in [1.165, 1.54) is 24.1 Å². The van der Waals surface area contributed by atoms with E-state index >= 15 is 0 Å². The van der Waals surface area contributed by atoms with Crippen LogP contribution in [0.15, 0.2) is 24.3 Å². The van der Waals surface area contributed by atoms with Crippen LogP contribution in [-0.4, -0.2) is 53.7 Å². The fourth-order valence-electron chi connectivity index (χ4n) is 3.19. The first-order valence-corrected chi connectivity index (χ1v) is 8.71. The van der Waals surface area contributed by atoms with E-state index in [0.717, 1.165) is 38.5 Å². The molecule has 0 radical (unpaired) electrons. The molecule has 1 atom stereocenters. The lowest BCUT2D eigenvalue weighted by Crippen LogP contribution is -2.53. The van der Waals surface area contributed by atoms with Crippen molar-refractivity contribution in [1.29, 1.82) is 0 Å². The second-order valence-electron chi connectivity index (χ2n) is 7.11. The summed E-state index contributed by atoms with van der Waals surface area (Å²) < 4.78 is 0. The quantitative estimate of drug-likeness (QED) is 0.839. The molecule has 1 unspecified atom stereocenters. The molecular formula is C19H32N2O. The minimum absolute atomic E-state index is 0.293. The van der Waals surface area contributed by atoms with Gasteiger partial charge in [-0.3, -0.25) is 9.80 Å². The largest absolute Gasteiger partial charge is 0.396 e. The van der Waals surface area contributed by atoms with Crippen molar-refractivity contribution in [3.63, 3.8) is 0 Å². The standard InChI is InChI=1S/C19H32N2O/c1-16(2)8-10-21-12-11-20(15-19(21)9-13-22)14-18-6-4-17(3)5-7-18/h4-7,16,19,22H,8-15H2,1-3H3. The number of aliphatic hydroxyl groups excluding tert-OH is 1. The summed E-state index contributed by atoms with van der Waals surface area (Å²) in [6.45, 7) is 12.5. The smallest absolute Gasteiger partial charge is 0.0446 e. The Morgan fingerprint density at radius 1 is 1.18 bits per heavy atom. The first-order valence-electron chi connectivity index (χ1n) is 8.71. The first kappa shape index (κ1) is 17.5. The molecule has 0 saturated carbocycles. The molecule has 1 N–H and O–H groups in total. The molecule has 3 nitrogen and oxygen atoms in total. The summed E-state index contributed by atoms with van der Waals surface area (Å²) in [7, 11) is 0. The molecular weight excluding hydrogens is 272 g/mol. The molecule has 1 saturated heterocycles. The lowest BCUT2D eigenvalue weighted by atomic mass is 10.0. The van der Waals surface area contributed by atoms with E-state index in [-0.39, 0.29) is 0 Å². The van der Waals surface area contributed by atoms with Crippen molar-refractivity contribution >= 4 is 0 Å². The van der Waals surface area contributed by atoms with Gasteiger partial charge in [0.15, 0.2) is 0 Å². The number of rotatable bonds is 7. The zero-order valence-electron chi connectivity index (χ0n) is 14.5. The molecule has 1 heterocycles. The summed E-state index contributed by atoms with van der Waals surface area (Å²) in [6.07, 6.45) is 2.14. The minimum atomic E-state index is 0.293. The van der Waals surface area contributed by atoms with Crippen molar-refractivity contribution < 1.29 is 5.11 Å². The Labute approximate surface area is 135 Å². The maximum Gasteiger partial charge on any atom is 0.0446 e. The zero-order valence-corrected chi connectivity index (χ0v) is 14.5. The average molecular weight is 304 g/mol. The van der Waals surface area contributed by atoms with Gasteiger partial charge in [0, 0.05) is 38.8 Å². The highest BCUT2D eigenvalue weighted by Crippen LogP contribution is 2.17. The number of nitrogens with zero attached hydrogens (tertiary/aromatic N) is 2. The van der Waals surface area contributed by atoms with E-state index in [9.17, 15) is 5.11 Å². The normalized spacial score (nSPS) is 20.7. The number of benzene rings is 1. The van der Waals surface area contributed by atoms with E-state index < -0.39 is 0 Å². The van der Waals surface area contributed by atoms with E-state index in [2.05, 4.69) is 54.8 Å². The molecule has 0 bridgehead atoms. The number of aliphatic hydroxyl groups is 1. The van der Waals surface area contributed by atoms with Crippen LogP contribution in [0.3, 0.4) is 0 Å². The maximum atomic E-state index is 9.38. The van der Waals surface area contributed by atoms with Gasteiger partial charge in [-0.05, 0) is 37.8 Å². The van der Waals surface area contributed by atoms with Crippen molar-refractivity contribution in [2.45, 2.75) is 46.2 Å². The van der Waals surface area contributed by atoms with Gasteiger partial charge in [-0.1, -0.05) is 43.7 Å². The number of hydrogen-bond donors (Lipinski definition) is 1. The van der Waals surface area contributed by atoms with Gasteiger partial charge in [0.05, 0.1) is 0 Å². The summed E-state index contributed by atoms with van der Waals surface area (Å²) in [5, 5.41) is 9.38. The van der Waals surface area contributed by atoms with Gasteiger partial charge in [0.25, 0.3) is 0 Å². The molecule has 1 aliphatic heterocycles. The first-order chi connectivity index (χ1) is 10.6. The fraction of sp³-hybridized carbons (Fsp3) is 0.684. The van der Waals surface area contributed by atoms with Crippen LogP contribution in [0.1, 0.15) is 37.8 Å². The highest BCUT2D eigenvalue weighted by Gasteiger charge is 2.26. The Hall–Kier alpha value is -0.900. The Bertz CT molecular complexity index is 430. The third-order valence-electron chi connectivity index (χ3n) is 4.67. The maximum absolute atomic E-state index is 9.38.